The maximum atomic E-state index is 8.80. The van der Waals surface area contributed by atoms with Crippen LogP contribution in [0.3, 0.4) is 0 Å². The minimum atomic E-state index is 0.306. The fourth-order valence-electron chi connectivity index (χ4n) is 0.971. The standard InChI is InChI=1S/C11H11ClN4O/c1-17-14-7-6-11(8-13)16-15-10-4-2-9(12)3-5-10/h2-5,7,15H,6H2,1H3/b14-7+,16-11-. The van der Waals surface area contributed by atoms with E-state index in [1.807, 2.05) is 6.07 Å². The van der Waals surface area contributed by atoms with Crippen LogP contribution in [0.2, 0.25) is 5.02 Å². The highest BCUT2D eigenvalue weighted by molar-refractivity contribution is 6.30. The highest BCUT2D eigenvalue weighted by Crippen LogP contribution is 2.13. The summed E-state index contributed by atoms with van der Waals surface area (Å²) in [6.07, 6.45) is 1.77. The van der Waals surface area contributed by atoms with Crippen molar-refractivity contribution in [2.24, 2.45) is 10.3 Å². The molecule has 0 spiro atoms. The molecule has 88 valence electrons. The van der Waals surface area contributed by atoms with Crippen LogP contribution in [-0.2, 0) is 4.84 Å². The summed E-state index contributed by atoms with van der Waals surface area (Å²) >= 11 is 5.74. The lowest BCUT2D eigenvalue weighted by Gasteiger charge is -2.00. The molecule has 1 aromatic carbocycles. The van der Waals surface area contributed by atoms with Crippen LogP contribution in [0.25, 0.3) is 0 Å². The molecule has 17 heavy (non-hydrogen) atoms. The average molecular weight is 251 g/mol. The van der Waals surface area contributed by atoms with Gasteiger partial charge in [-0.15, -0.1) is 0 Å². The molecule has 0 unspecified atom stereocenters. The first kappa shape index (κ1) is 13.0. The van der Waals surface area contributed by atoms with Gasteiger partial charge in [0.2, 0.25) is 0 Å². The predicted molar refractivity (Wildman–Crippen MR) is 68.2 cm³/mol. The van der Waals surface area contributed by atoms with E-state index in [0.717, 1.165) is 5.69 Å². The Balaban J connectivity index is 2.58. The fourth-order valence-corrected chi connectivity index (χ4v) is 1.10. The molecule has 0 amide bonds. The lowest BCUT2D eigenvalue weighted by atomic mass is 10.3. The van der Waals surface area contributed by atoms with Gasteiger partial charge < -0.3 is 4.84 Å². The highest BCUT2D eigenvalue weighted by atomic mass is 35.5. The van der Waals surface area contributed by atoms with Crippen molar-refractivity contribution in [1.82, 2.24) is 0 Å². The molecule has 0 aliphatic rings. The second kappa shape index (κ2) is 7.25. The van der Waals surface area contributed by atoms with E-state index in [-0.39, 0.29) is 0 Å². The normalized spacial score (nSPS) is 11.2. The maximum absolute atomic E-state index is 8.80. The molecule has 1 aromatic rings. The van der Waals surface area contributed by atoms with Crippen LogP contribution < -0.4 is 5.43 Å². The van der Waals surface area contributed by atoms with Gasteiger partial charge in [-0.25, -0.2) is 0 Å². The number of rotatable bonds is 5. The van der Waals surface area contributed by atoms with Gasteiger partial charge in [-0.3, -0.25) is 5.43 Å². The van der Waals surface area contributed by atoms with E-state index in [9.17, 15) is 0 Å². The first-order valence-electron chi connectivity index (χ1n) is 4.79. The van der Waals surface area contributed by atoms with Crippen molar-refractivity contribution in [1.29, 1.82) is 5.26 Å². The minimum Gasteiger partial charge on any atom is -0.399 e. The van der Waals surface area contributed by atoms with E-state index in [2.05, 4.69) is 20.5 Å². The molecule has 1 rings (SSSR count). The van der Waals surface area contributed by atoms with E-state index < -0.39 is 0 Å². The van der Waals surface area contributed by atoms with Crippen molar-refractivity contribution < 1.29 is 4.84 Å². The van der Waals surface area contributed by atoms with Gasteiger partial charge in [-0.05, 0) is 24.3 Å². The highest BCUT2D eigenvalue weighted by Gasteiger charge is 1.96. The van der Waals surface area contributed by atoms with Crippen LogP contribution in [0.4, 0.5) is 5.69 Å². The lowest BCUT2D eigenvalue weighted by Crippen LogP contribution is -2.00. The molecule has 0 aromatic heterocycles. The van der Waals surface area contributed by atoms with Gasteiger partial charge >= 0.3 is 0 Å². The molecular weight excluding hydrogens is 240 g/mol. The molecule has 0 aliphatic heterocycles. The van der Waals surface area contributed by atoms with E-state index in [1.165, 1.54) is 13.3 Å². The van der Waals surface area contributed by atoms with Gasteiger partial charge in [0.1, 0.15) is 18.9 Å². The summed E-state index contributed by atoms with van der Waals surface area (Å²) in [5.74, 6) is 0. The number of nitrogens with one attached hydrogen (secondary N) is 1. The van der Waals surface area contributed by atoms with Gasteiger partial charge in [-0.2, -0.15) is 10.4 Å². The van der Waals surface area contributed by atoms with Gasteiger partial charge in [-0.1, -0.05) is 16.8 Å². The van der Waals surface area contributed by atoms with Crippen molar-refractivity contribution in [3.05, 3.63) is 29.3 Å². The molecule has 6 heteroatoms. The second-order valence-corrected chi connectivity index (χ2v) is 3.40. The molecule has 0 bridgehead atoms. The van der Waals surface area contributed by atoms with Crippen molar-refractivity contribution >= 4 is 29.2 Å². The van der Waals surface area contributed by atoms with Gasteiger partial charge in [0.25, 0.3) is 0 Å². The third-order valence-corrected chi connectivity index (χ3v) is 2.01. The Morgan fingerprint density at radius 2 is 2.24 bits per heavy atom. The van der Waals surface area contributed by atoms with E-state index in [1.54, 1.807) is 24.3 Å². The summed E-state index contributed by atoms with van der Waals surface area (Å²) in [6.45, 7) is 0. The Kier molecular flexibility index (Phi) is 5.55. The van der Waals surface area contributed by atoms with E-state index in [0.29, 0.717) is 17.2 Å². The van der Waals surface area contributed by atoms with Crippen LogP contribution in [0.15, 0.2) is 34.5 Å². The number of oxime groups is 1. The summed E-state index contributed by atoms with van der Waals surface area (Å²) in [5, 5.41) is 16.9. The third-order valence-electron chi connectivity index (χ3n) is 1.76. The predicted octanol–water partition coefficient (Wildman–Crippen LogP) is 2.65. The van der Waals surface area contributed by atoms with Gasteiger partial charge in [0.15, 0.2) is 0 Å². The Labute approximate surface area is 104 Å². The number of halogens is 1. The topological polar surface area (TPSA) is 69.8 Å². The Morgan fingerprint density at radius 3 is 2.82 bits per heavy atom. The fraction of sp³-hybridized carbons (Fsp3) is 0.182. The average Bonchev–Trinajstić information content (AvgIpc) is 2.35. The number of benzene rings is 1. The molecular formula is C11H11ClN4O. The molecule has 0 fully saturated rings. The number of hydrogen-bond acceptors (Lipinski definition) is 5. The summed E-state index contributed by atoms with van der Waals surface area (Å²) in [7, 11) is 1.44. The van der Waals surface area contributed by atoms with Crippen molar-refractivity contribution in [3.8, 4) is 6.07 Å². The zero-order chi connectivity index (χ0) is 12.5. The quantitative estimate of drug-likeness (QED) is 0.645. The largest absolute Gasteiger partial charge is 0.399 e. The number of hydrogen-bond donors (Lipinski definition) is 1. The van der Waals surface area contributed by atoms with E-state index >= 15 is 0 Å². The molecule has 0 aliphatic carbocycles. The molecule has 1 N–H and O–H groups in total. The first-order chi connectivity index (χ1) is 8.26. The monoisotopic (exact) mass is 250 g/mol. The Morgan fingerprint density at radius 1 is 1.53 bits per heavy atom. The molecule has 0 heterocycles. The summed E-state index contributed by atoms with van der Waals surface area (Å²) in [6, 6.07) is 8.96. The smallest absolute Gasteiger partial charge is 0.143 e. The Hall–Kier alpha value is -2.06. The summed E-state index contributed by atoms with van der Waals surface area (Å²) in [5.41, 5.74) is 3.82. The van der Waals surface area contributed by atoms with Crippen molar-refractivity contribution in [2.75, 3.05) is 12.5 Å². The number of nitrogens with zero attached hydrogens (tertiary/aromatic N) is 3. The molecule has 0 saturated carbocycles. The van der Waals surface area contributed by atoms with Gasteiger partial charge in [0.05, 0.1) is 11.9 Å². The molecule has 0 radical (unpaired) electrons. The summed E-state index contributed by atoms with van der Waals surface area (Å²) < 4.78 is 0. The van der Waals surface area contributed by atoms with Crippen LogP contribution in [0, 0.1) is 11.3 Å². The zero-order valence-electron chi connectivity index (χ0n) is 9.22. The van der Waals surface area contributed by atoms with Crippen LogP contribution in [0.5, 0.6) is 0 Å². The van der Waals surface area contributed by atoms with E-state index in [4.69, 9.17) is 16.9 Å². The third kappa shape index (κ3) is 5.00. The number of anilines is 1. The van der Waals surface area contributed by atoms with Crippen LogP contribution in [0.1, 0.15) is 6.42 Å². The second-order valence-electron chi connectivity index (χ2n) is 2.96. The molecule has 0 atom stereocenters. The number of nitriles is 1. The van der Waals surface area contributed by atoms with Crippen LogP contribution in [-0.4, -0.2) is 19.0 Å². The molecule has 0 saturated heterocycles. The van der Waals surface area contributed by atoms with Crippen molar-refractivity contribution in [3.63, 3.8) is 0 Å². The molecule has 5 nitrogen and oxygen atoms in total. The first-order valence-corrected chi connectivity index (χ1v) is 5.17. The summed E-state index contributed by atoms with van der Waals surface area (Å²) in [4.78, 5) is 4.48. The Bertz CT molecular complexity index is 448. The van der Waals surface area contributed by atoms with Gasteiger partial charge in [0, 0.05) is 11.4 Å². The van der Waals surface area contributed by atoms with Crippen molar-refractivity contribution in [2.45, 2.75) is 6.42 Å². The van der Waals surface area contributed by atoms with Crippen LogP contribution >= 0.6 is 11.6 Å². The zero-order valence-corrected chi connectivity index (χ0v) is 9.98. The maximum Gasteiger partial charge on any atom is 0.143 e. The minimum absolute atomic E-state index is 0.306. The SMILES string of the molecule is CO/N=C/C/C(C#N)=N/Nc1ccc(Cl)cc1. The number of hydrazone groups is 1. The lowest BCUT2D eigenvalue weighted by molar-refractivity contribution is 0.215.